The van der Waals surface area contributed by atoms with Gasteiger partial charge in [-0.3, -0.25) is 9.79 Å². The number of benzene rings is 2. The molecule has 0 spiro atoms. The van der Waals surface area contributed by atoms with Crippen LogP contribution in [-0.2, 0) is 16.6 Å². The fourth-order valence-corrected chi connectivity index (χ4v) is 4.41. The molecule has 13 heteroatoms. The number of nitrogen functional groups attached to an aromatic ring is 1. The van der Waals surface area contributed by atoms with Crippen LogP contribution in [0.3, 0.4) is 0 Å². The molecule has 2 aromatic heterocycles. The number of aliphatic imine (C=N–C) groups is 1. The van der Waals surface area contributed by atoms with E-state index in [1.165, 1.54) is 29.8 Å². The van der Waals surface area contributed by atoms with Gasteiger partial charge < -0.3 is 16.4 Å². The highest BCUT2D eigenvalue weighted by molar-refractivity contribution is 7.88. The number of anilines is 3. The van der Waals surface area contributed by atoms with Crippen LogP contribution in [0, 0.1) is 24.6 Å². The van der Waals surface area contributed by atoms with Gasteiger partial charge in [0.2, 0.25) is 10.0 Å². The molecule has 0 aliphatic rings. The molecule has 4 aromatic rings. The van der Waals surface area contributed by atoms with Crippen molar-refractivity contribution in [2.45, 2.75) is 26.4 Å². The van der Waals surface area contributed by atoms with Crippen LogP contribution < -0.4 is 16.4 Å². The van der Waals surface area contributed by atoms with E-state index in [0.29, 0.717) is 34.0 Å². The first kappa shape index (κ1) is 31.7. The van der Waals surface area contributed by atoms with Crippen LogP contribution >= 0.6 is 0 Å². The van der Waals surface area contributed by atoms with E-state index >= 15 is 0 Å². The Morgan fingerprint density at radius 3 is 2.64 bits per heavy atom. The number of hydrogen-bond acceptors (Lipinski definition) is 9. The number of nitrogens with two attached hydrogens (primary N) is 1. The molecule has 0 saturated heterocycles. The van der Waals surface area contributed by atoms with Gasteiger partial charge in [-0.2, -0.15) is 0 Å². The molecule has 0 aliphatic heterocycles. The van der Waals surface area contributed by atoms with E-state index in [1.807, 2.05) is 19.9 Å². The van der Waals surface area contributed by atoms with Gasteiger partial charge in [0.25, 0.3) is 5.91 Å². The molecule has 226 valence electrons. The molecule has 2 aromatic carbocycles. The minimum atomic E-state index is -3.35. The minimum Gasteiger partial charge on any atom is -0.382 e. The zero-order valence-corrected chi connectivity index (χ0v) is 25.4. The summed E-state index contributed by atoms with van der Waals surface area (Å²) < 4.78 is 38.0. The lowest BCUT2D eigenvalue weighted by Gasteiger charge is -2.15. The first-order valence-corrected chi connectivity index (χ1v) is 15.2. The van der Waals surface area contributed by atoms with E-state index < -0.39 is 15.8 Å². The first-order valence-electron chi connectivity index (χ1n) is 13.4. The Morgan fingerprint density at radius 1 is 1.14 bits per heavy atom. The maximum atomic E-state index is 13.4. The van der Waals surface area contributed by atoms with Gasteiger partial charge in [0.15, 0.2) is 0 Å². The number of carbonyl (C=O) groups is 1. The molecule has 1 atom stereocenters. The number of amides is 1. The van der Waals surface area contributed by atoms with Crippen LogP contribution in [-0.4, -0.2) is 59.1 Å². The van der Waals surface area contributed by atoms with Crippen molar-refractivity contribution in [1.29, 1.82) is 0 Å². The molecule has 11 nitrogen and oxygen atoms in total. The number of nitrogens with one attached hydrogen (secondary N) is 2. The van der Waals surface area contributed by atoms with Crippen molar-refractivity contribution >= 4 is 45.2 Å². The first-order chi connectivity index (χ1) is 20.9. The number of carbonyl (C=O) groups excluding carboxylic acids is 1. The number of sulfonamides is 1. The summed E-state index contributed by atoms with van der Waals surface area (Å²) in [5, 5.41) is 6.09. The van der Waals surface area contributed by atoms with Crippen LogP contribution in [0.1, 0.15) is 39.7 Å². The van der Waals surface area contributed by atoms with E-state index in [1.54, 1.807) is 42.6 Å². The minimum absolute atomic E-state index is 0.158. The lowest BCUT2D eigenvalue weighted by molar-refractivity contribution is 0.102. The highest BCUT2D eigenvalue weighted by Crippen LogP contribution is 2.25. The Hall–Kier alpha value is -5.19. The highest BCUT2D eigenvalue weighted by atomic mass is 32.2. The molecule has 2 heterocycles. The highest BCUT2D eigenvalue weighted by Gasteiger charge is 2.16. The third kappa shape index (κ3) is 8.43. The Labute approximate surface area is 255 Å². The normalized spacial score (nSPS) is 12.0. The standard InChI is InChI=1S/C31H31FN8O3S/c1-20-7-5-10-27(28(20)31(41)39-25-9-6-8-22(15-25)18-40(3)44(4,42)43)35-16-21(2)38-30-26(29(33)36-19-37-30)14-13-24-12-11-23(32)17-34-24/h5-12,15-17,19,21H,18H2,1-4H3,(H,39,41)(H3,33,36,37,38). The molecule has 0 aliphatic carbocycles. The summed E-state index contributed by atoms with van der Waals surface area (Å²) in [6.07, 6.45) is 5.15. The molecular weight excluding hydrogens is 583 g/mol. The summed E-state index contributed by atoms with van der Waals surface area (Å²) >= 11 is 0. The van der Waals surface area contributed by atoms with Gasteiger partial charge in [-0.25, -0.2) is 32.1 Å². The van der Waals surface area contributed by atoms with Crippen molar-refractivity contribution in [2.24, 2.45) is 4.99 Å². The van der Waals surface area contributed by atoms with Crippen molar-refractivity contribution in [3.05, 3.63) is 101 Å². The fraction of sp³-hybridized carbons (Fsp3) is 0.194. The maximum Gasteiger partial charge on any atom is 0.258 e. The lowest BCUT2D eigenvalue weighted by Crippen LogP contribution is -2.25. The molecule has 1 unspecified atom stereocenters. The van der Waals surface area contributed by atoms with Crippen LogP contribution in [0.15, 0.2) is 72.1 Å². The Bertz CT molecular complexity index is 1870. The second kappa shape index (κ2) is 13.9. The molecule has 1 amide bonds. The second-order valence-electron chi connectivity index (χ2n) is 9.95. The summed E-state index contributed by atoms with van der Waals surface area (Å²) in [7, 11) is -1.86. The lowest BCUT2D eigenvalue weighted by atomic mass is 10.1. The smallest absolute Gasteiger partial charge is 0.258 e. The van der Waals surface area contributed by atoms with Crippen molar-refractivity contribution in [2.75, 3.05) is 29.7 Å². The summed E-state index contributed by atoms with van der Waals surface area (Å²) in [5.74, 6) is 5.43. The van der Waals surface area contributed by atoms with Crippen molar-refractivity contribution in [3.63, 3.8) is 0 Å². The average Bonchev–Trinajstić information content (AvgIpc) is 2.96. The van der Waals surface area contributed by atoms with E-state index in [-0.39, 0.29) is 24.3 Å². The topological polar surface area (TPSA) is 156 Å². The van der Waals surface area contributed by atoms with Crippen LogP contribution in [0.25, 0.3) is 0 Å². The second-order valence-corrected chi connectivity index (χ2v) is 12.0. The summed E-state index contributed by atoms with van der Waals surface area (Å²) in [4.78, 5) is 30.2. The Morgan fingerprint density at radius 2 is 1.91 bits per heavy atom. The number of rotatable bonds is 9. The summed E-state index contributed by atoms with van der Waals surface area (Å²) in [6, 6.07) is 14.7. The monoisotopic (exact) mass is 614 g/mol. The Kier molecular flexibility index (Phi) is 9.99. The van der Waals surface area contributed by atoms with Crippen molar-refractivity contribution in [3.8, 4) is 11.8 Å². The number of hydrogen-bond donors (Lipinski definition) is 3. The molecule has 0 fully saturated rings. The van der Waals surface area contributed by atoms with E-state index in [9.17, 15) is 17.6 Å². The van der Waals surface area contributed by atoms with Crippen molar-refractivity contribution in [1.82, 2.24) is 19.3 Å². The third-order valence-electron chi connectivity index (χ3n) is 6.36. The van der Waals surface area contributed by atoms with Crippen molar-refractivity contribution < 1.29 is 17.6 Å². The number of aryl methyl sites for hydroxylation is 1. The van der Waals surface area contributed by atoms with Gasteiger partial charge in [-0.05, 0) is 61.2 Å². The molecule has 4 N–H and O–H groups in total. The SMILES string of the molecule is Cc1cccc(N=CC(C)Nc2ncnc(N)c2C#Cc2ccc(F)cn2)c1C(=O)Nc1cccc(CN(C)S(C)(=O)=O)c1. The van der Waals surface area contributed by atoms with Gasteiger partial charge in [-0.1, -0.05) is 30.2 Å². The molecule has 0 bridgehead atoms. The van der Waals surface area contributed by atoms with Gasteiger partial charge in [0, 0.05) is 25.5 Å². The fourth-order valence-electron chi connectivity index (χ4n) is 4.02. The maximum absolute atomic E-state index is 13.4. The predicted molar refractivity (Wildman–Crippen MR) is 170 cm³/mol. The molecule has 0 saturated carbocycles. The van der Waals surface area contributed by atoms with E-state index in [2.05, 4.69) is 42.4 Å². The largest absolute Gasteiger partial charge is 0.382 e. The molecular formula is C31H31FN8O3S. The molecule has 0 radical (unpaired) electrons. The summed E-state index contributed by atoms with van der Waals surface area (Å²) in [6.45, 7) is 3.83. The van der Waals surface area contributed by atoms with Gasteiger partial charge in [0.1, 0.15) is 35.0 Å². The quantitative estimate of drug-likeness (QED) is 0.188. The number of nitrogens with zero attached hydrogens (tertiary/aromatic N) is 5. The summed E-state index contributed by atoms with van der Waals surface area (Å²) in [5.41, 5.74) is 9.57. The number of halogens is 1. The van der Waals surface area contributed by atoms with E-state index in [4.69, 9.17) is 5.73 Å². The molecule has 4 rings (SSSR count). The number of pyridine rings is 1. The third-order valence-corrected chi connectivity index (χ3v) is 7.62. The van der Waals surface area contributed by atoms with Gasteiger partial charge in [0.05, 0.1) is 29.7 Å². The van der Waals surface area contributed by atoms with Crippen LogP contribution in [0.5, 0.6) is 0 Å². The number of aromatic nitrogens is 3. The zero-order chi connectivity index (χ0) is 31.9. The van der Waals surface area contributed by atoms with Gasteiger partial charge >= 0.3 is 0 Å². The zero-order valence-electron chi connectivity index (χ0n) is 24.5. The van der Waals surface area contributed by atoms with Crippen LogP contribution in [0.4, 0.5) is 27.4 Å². The van der Waals surface area contributed by atoms with Gasteiger partial charge in [-0.15, -0.1) is 0 Å². The Balaban J connectivity index is 1.51. The predicted octanol–water partition coefficient (Wildman–Crippen LogP) is 4.15. The van der Waals surface area contributed by atoms with Crippen LogP contribution in [0.2, 0.25) is 0 Å². The average molecular weight is 615 g/mol. The van der Waals surface area contributed by atoms with E-state index in [0.717, 1.165) is 23.6 Å². The molecule has 44 heavy (non-hydrogen) atoms.